The second-order valence-corrected chi connectivity index (χ2v) is 5.66. The van der Waals surface area contributed by atoms with E-state index >= 15 is 0 Å². The van der Waals surface area contributed by atoms with Crippen molar-refractivity contribution in [3.8, 4) is 0 Å². The summed E-state index contributed by atoms with van der Waals surface area (Å²) in [6, 6.07) is 0. The Kier molecular flexibility index (Phi) is 2.66. The highest BCUT2D eigenvalue weighted by molar-refractivity contribution is 5.79. The number of hydrogen-bond acceptors (Lipinski definition) is 4. The van der Waals surface area contributed by atoms with Crippen molar-refractivity contribution < 1.29 is 9.32 Å². The predicted octanol–water partition coefficient (Wildman–Crippen LogP) is 1.00. The molecule has 0 radical (unpaired) electrons. The van der Waals surface area contributed by atoms with Gasteiger partial charge in [0.2, 0.25) is 5.91 Å². The van der Waals surface area contributed by atoms with E-state index in [1.54, 1.807) is 0 Å². The third kappa shape index (κ3) is 1.82. The molecule has 1 N–H and O–H groups in total. The predicted molar refractivity (Wildman–Crippen MR) is 65.9 cm³/mol. The summed E-state index contributed by atoms with van der Waals surface area (Å²) in [4.78, 5) is 14.1. The largest absolute Gasteiger partial charge is 0.361 e. The molecule has 3 heterocycles. The van der Waals surface area contributed by atoms with Crippen LogP contribution in [-0.2, 0) is 11.3 Å². The molecular weight excluding hydrogens is 230 g/mol. The summed E-state index contributed by atoms with van der Waals surface area (Å²) in [7, 11) is 0. The number of amides is 1. The zero-order chi connectivity index (χ0) is 12.8. The number of rotatable bonds is 2. The first-order valence-electron chi connectivity index (χ1n) is 6.50. The van der Waals surface area contributed by atoms with Gasteiger partial charge in [-0.3, -0.25) is 4.79 Å². The molecule has 98 valence electrons. The molecule has 5 heteroatoms. The maximum absolute atomic E-state index is 12.1. The second kappa shape index (κ2) is 4.09. The number of hydrogen-bond donors (Lipinski definition) is 1. The molecule has 1 unspecified atom stereocenters. The first kappa shape index (κ1) is 11.7. The number of aryl methyl sites for hydroxylation is 2. The molecule has 5 nitrogen and oxygen atoms in total. The van der Waals surface area contributed by atoms with Gasteiger partial charge in [0.25, 0.3) is 0 Å². The van der Waals surface area contributed by atoms with Crippen LogP contribution in [0.2, 0.25) is 0 Å². The molecule has 0 saturated carbocycles. The van der Waals surface area contributed by atoms with Crippen LogP contribution in [0.15, 0.2) is 4.52 Å². The van der Waals surface area contributed by atoms with Crippen molar-refractivity contribution in [1.82, 2.24) is 15.4 Å². The molecule has 1 aromatic heterocycles. The minimum absolute atomic E-state index is 0.177. The fraction of sp³-hybridized carbons (Fsp3) is 0.692. The lowest BCUT2D eigenvalue weighted by atomic mass is 9.86. The monoisotopic (exact) mass is 249 g/mol. The maximum Gasteiger partial charge on any atom is 0.223 e. The van der Waals surface area contributed by atoms with Crippen LogP contribution < -0.4 is 5.32 Å². The Balaban J connectivity index is 1.76. The Bertz CT molecular complexity index is 455. The SMILES string of the molecule is Cc1noc(C)c1CN1CC2(CCNC2)CC1=O. The van der Waals surface area contributed by atoms with Gasteiger partial charge in [0.15, 0.2) is 0 Å². The van der Waals surface area contributed by atoms with E-state index in [0.717, 1.165) is 43.1 Å². The normalized spacial score (nSPS) is 27.7. The highest BCUT2D eigenvalue weighted by Crippen LogP contribution is 2.37. The van der Waals surface area contributed by atoms with E-state index in [9.17, 15) is 4.79 Å². The van der Waals surface area contributed by atoms with Gasteiger partial charge in [0.05, 0.1) is 12.2 Å². The van der Waals surface area contributed by atoms with E-state index in [4.69, 9.17) is 4.52 Å². The van der Waals surface area contributed by atoms with E-state index in [1.807, 2.05) is 18.7 Å². The molecule has 1 amide bonds. The quantitative estimate of drug-likeness (QED) is 0.849. The summed E-state index contributed by atoms with van der Waals surface area (Å²) in [6.07, 6.45) is 1.79. The van der Waals surface area contributed by atoms with Gasteiger partial charge < -0.3 is 14.7 Å². The number of nitrogens with zero attached hydrogens (tertiary/aromatic N) is 2. The minimum atomic E-state index is 0.177. The molecule has 3 rings (SSSR count). The molecule has 1 aromatic rings. The Labute approximate surface area is 107 Å². The van der Waals surface area contributed by atoms with E-state index in [1.165, 1.54) is 0 Å². The summed E-state index contributed by atoms with van der Waals surface area (Å²) in [5.41, 5.74) is 2.13. The van der Waals surface area contributed by atoms with Crippen LogP contribution in [0.1, 0.15) is 29.9 Å². The van der Waals surface area contributed by atoms with Crippen molar-refractivity contribution in [2.45, 2.75) is 33.2 Å². The molecule has 1 atom stereocenters. The molecule has 1 spiro atoms. The van der Waals surface area contributed by atoms with Crippen molar-refractivity contribution in [2.75, 3.05) is 19.6 Å². The van der Waals surface area contributed by atoms with E-state index in [0.29, 0.717) is 13.0 Å². The van der Waals surface area contributed by atoms with Crippen LogP contribution in [0, 0.1) is 19.3 Å². The molecule has 0 bridgehead atoms. The number of carbonyl (C=O) groups is 1. The van der Waals surface area contributed by atoms with E-state index in [-0.39, 0.29) is 11.3 Å². The third-order valence-electron chi connectivity index (χ3n) is 4.27. The number of likely N-dealkylation sites (tertiary alicyclic amines) is 1. The van der Waals surface area contributed by atoms with Gasteiger partial charge in [-0.25, -0.2) is 0 Å². The molecule has 2 saturated heterocycles. The van der Waals surface area contributed by atoms with Crippen molar-refractivity contribution in [1.29, 1.82) is 0 Å². The van der Waals surface area contributed by atoms with Gasteiger partial charge >= 0.3 is 0 Å². The fourth-order valence-electron chi connectivity index (χ4n) is 3.13. The molecular formula is C13H19N3O2. The van der Waals surface area contributed by atoms with Gasteiger partial charge in [-0.1, -0.05) is 5.16 Å². The zero-order valence-electron chi connectivity index (χ0n) is 11.0. The summed E-state index contributed by atoms with van der Waals surface area (Å²) in [5, 5.41) is 7.31. The molecule has 2 aliphatic heterocycles. The summed E-state index contributed by atoms with van der Waals surface area (Å²) < 4.78 is 5.16. The van der Waals surface area contributed by atoms with E-state index in [2.05, 4.69) is 10.5 Å². The molecule has 2 fully saturated rings. The molecule has 2 aliphatic rings. The van der Waals surface area contributed by atoms with Gasteiger partial charge in [0, 0.05) is 30.5 Å². The lowest BCUT2D eigenvalue weighted by molar-refractivity contribution is -0.128. The van der Waals surface area contributed by atoms with Gasteiger partial charge in [-0.15, -0.1) is 0 Å². The van der Waals surface area contributed by atoms with Crippen LogP contribution in [0.5, 0.6) is 0 Å². The standard InChI is InChI=1S/C13H19N3O2/c1-9-11(10(2)18-15-9)6-16-8-13(5-12(16)17)3-4-14-7-13/h14H,3-8H2,1-2H3. The average molecular weight is 249 g/mol. The van der Waals surface area contributed by atoms with Gasteiger partial charge in [0.1, 0.15) is 5.76 Å². The van der Waals surface area contributed by atoms with Crippen LogP contribution in [0.25, 0.3) is 0 Å². The number of carbonyl (C=O) groups excluding carboxylic acids is 1. The lowest BCUT2D eigenvalue weighted by Gasteiger charge is -2.22. The van der Waals surface area contributed by atoms with Gasteiger partial charge in [-0.2, -0.15) is 0 Å². The number of nitrogens with one attached hydrogen (secondary N) is 1. The summed E-state index contributed by atoms with van der Waals surface area (Å²) in [5.74, 6) is 1.09. The first-order chi connectivity index (χ1) is 8.60. The Morgan fingerprint density at radius 3 is 2.94 bits per heavy atom. The summed E-state index contributed by atoms with van der Waals surface area (Å²) in [6.45, 7) is 7.34. The van der Waals surface area contributed by atoms with Crippen molar-refractivity contribution in [3.05, 3.63) is 17.0 Å². The fourth-order valence-corrected chi connectivity index (χ4v) is 3.13. The number of aromatic nitrogens is 1. The lowest BCUT2D eigenvalue weighted by Crippen LogP contribution is -2.30. The maximum atomic E-state index is 12.1. The average Bonchev–Trinajstić information content (AvgIpc) is 2.98. The molecule has 18 heavy (non-hydrogen) atoms. The van der Waals surface area contributed by atoms with Gasteiger partial charge in [-0.05, 0) is 26.8 Å². The van der Waals surface area contributed by atoms with Crippen molar-refractivity contribution >= 4 is 5.91 Å². The Morgan fingerprint density at radius 1 is 1.50 bits per heavy atom. The van der Waals surface area contributed by atoms with Crippen LogP contribution in [-0.4, -0.2) is 35.6 Å². The first-order valence-corrected chi connectivity index (χ1v) is 6.50. The van der Waals surface area contributed by atoms with Crippen LogP contribution in [0.4, 0.5) is 0 Å². The minimum Gasteiger partial charge on any atom is -0.361 e. The topological polar surface area (TPSA) is 58.4 Å². The van der Waals surface area contributed by atoms with Crippen molar-refractivity contribution in [3.63, 3.8) is 0 Å². The van der Waals surface area contributed by atoms with Crippen LogP contribution >= 0.6 is 0 Å². The molecule has 0 aliphatic carbocycles. The Hall–Kier alpha value is -1.36. The van der Waals surface area contributed by atoms with Crippen LogP contribution in [0.3, 0.4) is 0 Å². The Morgan fingerprint density at radius 2 is 2.33 bits per heavy atom. The highest BCUT2D eigenvalue weighted by Gasteiger charge is 2.44. The molecule has 0 aromatic carbocycles. The highest BCUT2D eigenvalue weighted by atomic mass is 16.5. The van der Waals surface area contributed by atoms with Crippen molar-refractivity contribution in [2.24, 2.45) is 5.41 Å². The third-order valence-corrected chi connectivity index (χ3v) is 4.27. The summed E-state index contributed by atoms with van der Waals surface area (Å²) >= 11 is 0. The smallest absolute Gasteiger partial charge is 0.223 e. The zero-order valence-corrected chi connectivity index (χ0v) is 11.0. The second-order valence-electron chi connectivity index (χ2n) is 5.66. The van der Waals surface area contributed by atoms with E-state index < -0.39 is 0 Å².